The van der Waals surface area contributed by atoms with Crippen LogP contribution >= 0.6 is 0 Å². The number of hydrogen-bond donors (Lipinski definition) is 9. The van der Waals surface area contributed by atoms with Gasteiger partial charge in [0, 0.05) is 18.7 Å². The maximum atomic E-state index is 13.6. The SMILES string of the molecule is CN(C(=O)NC[C@@H]1NC(N)=[N+]2CC(NC(=O)c3cccc4c3OCCC4(C)C)C(O)(O)[C@@]23NC(N)=[NH+][C@@H]13)C1CC1. The average molecular weight is 558 g/mol. The standard InChI is InChI=1S/C26H37N9O5/c1-24(2)9-10-40-18-14(5-4-6-15(18)24)20(36)31-17-12-35-22(28)30-16(11-29-23(37)34(3)13-7-8-13)19-25(35,26(17,38)39)33-21(27)32-19/h4-6,13,16-17,19,38-39H,7-12H2,1-3H3,(H7,27,28,29,30,31,32,33,36,37)/p+2/t16-,17?,19-,25-/m0/s1. The summed E-state index contributed by atoms with van der Waals surface area (Å²) in [4.78, 5) is 30.9. The van der Waals surface area contributed by atoms with Crippen molar-refractivity contribution < 1.29 is 34.1 Å². The smallest absolute Gasteiger partial charge is 0.347 e. The lowest BCUT2D eigenvalue weighted by atomic mass is 9.79. The van der Waals surface area contributed by atoms with Gasteiger partial charge in [-0.05, 0) is 30.7 Å². The van der Waals surface area contributed by atoms with Crippen molar-refractivity contribution in [2.75, 3.05) is 26.7 Å². The molecule has 1 aromatic carbocycles. The van der Waals surface area contributed by atoms with Crippen LogP contribution in [0, 0.1) is 0 Å². The van der Waals surface area contributed by atoms with E-state index in [1.54, 1.807) is 28.7 Å². The molecule has 0 aromatic heterocycles. The van der Waals surface area contributed by atoms with E-state index in [0.29, 0.717) is 17.9 Å². The first-order valence-corrected chi connectivity index (χ1v) is 13.7. The lowest BCUT2D eigenvalue weighted by Crippen LogP contribution is -2.92. The van der Waals surface area contributed by atoms with Gasteiger partial charge in [0.15, 0.2) is 6.04 Å². The summed E-state index contributed by atoms with van der Waals surface area (Å²) in [7, 11) is 1.75. The molecule has 0 bridgehead atoms. The van der Waals surface area contributed by atoms with Gasteiger partial charge in [0.1, 0.15) is 17.8 Å². The molecule has 14 heteroatoms. The van der Waals surface area contributed by atoms with Gasteiger partial charge in [0.05, 0.1) is 25.3 Å². The summed E-state index contributed by atoms with van der Waals surface area (Å²) < 4.78 is 7.47. The number of hydrogen-bond acceptors (Lipinski definition) is 9. The first kappa shape index (κ1) is 26.4. The number of rotatable bonds is 5. The highest BCUT2D eigenvalue weighted by Crippen LogP contribution is 2.41. The van der Waals surface area contributed by atoms with Gasteiger partial charge in [0.2, 0.25) is 0 Å². The predicted octanol–water partition coefficient (Wildman–Crippen LogP) is -4.29. The molecule has 1 aliphatic carbocycles. The van der Waals surface area contributed by atoms with Gasteiger partial charge < -0.3 is 30.5 Å². The Labute approximate surface area is 231 Å². The second-order valence-corrected chi connectivity index (χ2v) is 12.1. The molecule has 40 heavy (non-hydrogen) atoms. The Morgan fingerprint density at radius 2 is 2.02 bits per heavy atom. The highest BCUT2D eigenvalue weighted by Gasteiger charge is 2.78. The Bertz CT molecular complexity index is 1320. The minimum absolute atomic E-state index is 0.0269. The average Bonchev–Trinajstić information content (AvgIpc) is 3.64. The van der Waals surface area contributed by atoms with Crippen LogP contribution in [0.1, 0.15) is 49.0 Å². The summed E-state index contributed by atoms with van der Waals surface area (Å²) in [5, 5.41) is 35.3. The summed E-state index contributed by atoms with van der Waals surface area (Å²) >= 11 is 0. The van der Waals surface area contributed by atoms with Gasteiger partial charge >= 0.3 is 18.0 Å². The van der Waals surface area contributed by atoms with Crippen LogP contribution in [0.25, 0.3) is 0 Å². The van der Waals surface area contributed by atoms with Crippen molar-refractivity contribution >= 4 is 23.9 Å². The van der Waals surface area contributed by atoms with Crippen LogP contribution < -0.4 is 42.5 Å². The molecule has 2 fully saturated rings. The Hall–Kier alpha value is -3.78. The number of urea groups is 1. The number of aliphatic hydroxyl groups is 2. The summed E-state index contributed by atoms with van der Waals surface area (Å²) in [6.45, 7) is 4.79. The fraction of sp³-hybridized carbons (Fsp3) is 0.615. The molecule has 1 spiro atoms. The molecule has 0 radical (unpaired) electrons. The Morgan fingerprint density at radius 3 is 2.75 bits per heavy atom. The van der Waals surface area contributed by atoms with E-state index in [4.69, 9.17) is 16.2 Å². The van der Waals surface area contributed by atoms with Crippen molar-refractivity contribution in [1.82, 2.24) is 26.2 Å². The third-order valence-electron chi connectivity index (χ3n) is 9.11. The van der Waals surface area contributed by atoms with E-state index in [9.17, 15) is 19.8 Å². The number of benzene rings is 1. The molecular formula is C26H39N9O5+2. The summed E-state index contributed by atoms with van der Waals surface area (Å²) in [5.41, 5.74) is 12.0. The molecule has 14 nitrogen and oxygen atoms in total. The van der Waals surface area contributed by atoms with E-state index < -0.39 is 35.5 Å². The molecule has 4 aliphatic heterocycles. The third kappa shape index (κ3) is 3.84. The maximum absolute atomic E-state index is 13.6. The lowest BCUT2D eigenvalue weighted by molar-refractivity contribution is -0.674. The quantitative estimate of drug-likeness (QED) is 0.127. The van der Waals surface area contributed by atoms with Crippen LogP contribution in [-0.4, -0.2) is 106 Å². The highest BCUT2D eigenvalue weighted by molar-refractivity contribution is 5.98. The number of nitrogens with zero attached hydrogens (tertiary/aromatic N) is 2. The van der Waals surface area contributed by atoms with Crippen LogP contribution in [0.15, 0.2) is 18.2 Å². The van der Waals surface area contributed by atoms with Crippen LogP contribution in [0.3, 0.4) is 0 Å². The molecule has 11 N–H and O–H groups in total. The number of carbonyl (C=O) groups is 2. The highest BCUT2D eigenvalue weighted by atomic mass is 16.5. The van der Waals surface area contributed by atoms with Crippen LogP contribution in [0.4, 0.5) is 4.79 Å². The molecule has 4 heterocycles. The molecule has 5 aliphatic rings. The summed E-state index contributed by atoms with van der Waals surface area (Å²) in [6, 6.07) is 2.96. The molecule has 1 saturated carbocycles. The Kier molecular flexibility index (Phi) is 5.86. The zero-order valence-corrected chi connectivity index (χ0v) is 23.0. The van der Waals surface area contributed by atoms with Crippen LogP contribution in [0.2, 0.25) is 0 Å². The van der Waals surface area contributed by atoms with Crippen molar-refractivity contribution in [3.05, 3.63) is 29.3 Å². The molecule has 6 rings (SSSR count). The van der Waals surface area contributed by atoms with Crippen molar-refractivity contribution in [2.24, 2.45) is 11.5 Å². The zero-order valence-electron chi connectivity index (χ0n) is 23.0. The van der Waals surface area contributed by atoms with Crippen LogP contribution in [-0.2, 0) is 5.41 Å². The number of amides is 3. The molecule has 1 unspecified atom stereocenters. The van der Waals surface area contributed by atoms with E-state index in [-0.39, 0.29) is 42.5 Å². The van der Waals surface area contributed by atoms with Gasteiger partial charge in [0.25, 0.3) is 17.4 Å². The number of carbonyl (C=O) groups excluding carboxylic acids is 2. The second kappa shape index (κ2) is 8.86. The first-order valence-electron chi connectivity index (χ1n) is 13.7. The second-order valence-electron chi connectivity index (χ2n) is 12.1. The zero-order chi connectivity index (χ0) is 28.6. The van der Waals surface area contributed by atoms with Crippen molar-refractivity contribution in [3.8, 4) is 5.75 Å². The third-order valence-corrected chi connectivity index (χ3v) is 9.11. The Balaban J connectivity index is 1.26. The fourth-order valence-corrected chi connectivity index (χ4v) is 6.54. The van der Waals surface area contributed by atoms with Crippen molar-refractivity contribution in [1.29, 1.82) is 0 Å². The van der Waals surface area contributed by atoms with Crippen LogP contribution in [0.5, 0.6) is 5.75 Å². The topological polar surface area (TPSA) is 204 Å². The van der Waals surface area contributed by atoms with E-state index in [1.165, 1.54) is 0 Å². The number of guanidine groups is 2. The minimum atomic E-state index is -2.53. The Morgan fingerprint density at radius 1 is 1.27 bits per heavy atom. The fourth-order valence-electron chi connectivity index (χ4n) is 6.54. The van der Waals surface area contributed by atoms with E-state index in [0.717, 1.165) is 24.8 Å². The number of ether oxygens (including phenoxy) is 1. The van der Waals surface area contributed by atoms with E-state index in [1.807, 2.05) is 6.07 Å². The van der Waals surface area contributed by atoms with Crippen molar-refractivity contribution in [3.63, 3.8) is 0 Å². The summed E-state index contributed by atoms with van der Waals surface area (Å²) in [6.07, 6.45) is 2.77. The number of nitrogens with one attached hydrogen (secondary N) is 5. The van der Waals surface area contributed by atoms with Gasteiger partial charge in [-0.25, -0.2) is 14.7 Å². The van der Waals surface area contributed by atoms with E-state index in [2.05, 4.69) is 40.1 Å². The molecule has 1 saturated heterocycles. The number of fused-ring (bicyclic) bond motifs is 1. The number of para-hydroxylation sites is 1. The monoisotopic (exact) mass is 557 g/mol. The molecule has 4 atom stereocenters. The maximum Gasteiger partial charge on any atom is 0.347 e. The number of nitrogens with two attached hydrogens (primary N) is 2. The molecule has 216 valence electrons. The minimum Gasteiger partial charge on any atom is -0.492 e. The van der Waals surface area contributed by atoms with Gasteiger partial charge in [-0.2, -0.15) is 0 Å². The van der Waals surface area contributed by atoms with E-state index >= 15 is 0 Å². The normalized spacial score (nSPS) is 30.9. The van der Waals surface area contributed by atoms with Gasteiger partial charge in [-0.1, -0.05) is 26.0 Å². The lowest BCUT2D eigenvalue weighted by Gasteiger charge is -2.41. The molecule has 3 amide bonds. The molecular weight excluding hydrogens is 518 g/mol. The molecule has 1 aromatic rings. The first-order chi connectivity index (χ1) is 18.9. The van der Waals surface area contributed by atoms with Gasteiger partial charge in [-0.15, -0.1) is 0 Å². The predicted molar refractivity (Wildman–Crippen MR) is 143 cm³/mol. The van der Waals surface area contributed by atoms with Gasteiger partial charge in [-0.3, -0.25) is 26.6 Å². The summed E-state index contributed by atoms with van der Waals surface area (Å²) in [5.74, 6) is -2.26. The van der Waals surface area contributed by atoms with Crippen molar-refractivity contribution in [2.45, 2.75) is 74.1 Å². The largest absolute Gasteiger partial charge is 0.492 e.